The minimum Gasteiger partial charge on any atom is -0.465 e. The van der Waals surface area contributed by atoms with Crippen LogP contribution in [0.1, 0.15) is 40.5 Å². The number of nitrogens with one attached hydrogen (secondary N) is 1. The summed E-state index contributed by atoms with van der Waals surface area (Å²) in [5.74, 6) is -0.127. The number of fused-ring (bicyclic) bond motifs is 2. The predicted molar refractivity (Wildman–Crippen MR) is 101 cm³/mol. The van der Waals surface area contributed by atoms with E-state index < -0.39 is 5.97 Å². The number of amides is 1. The Labute approximate surface area is 160 Å². The lowest BCUT2D eigenvalue weighted by Gasteiger charge is -2.15. The Morgan fingerprint density at radius 3 is 2.96 bits per heavy atom. The van der Waals surface area contributed by atoms with Crippen molar-refractivity contribution in [2.24, 2.45) is 0 Å². The fourth-order valence-electron chi connectivity index (χ4n) is 3.60. The van der Waals surface area contributed by atoms with Crippen molar-refractivity contribution in [3.8, 4) is 0 Å². The van der Waals surface area contributed by atoms with E-state index in [9.17, 15) is 14.4 Å². The number of thioether (sulfide) groups is 1. The van der Waals surface area contributed by atoms with Crippen molar-refractivity contribution < 1.29 is 14.3 Å². The number of ether oxygens (including phenoxy) is 1. The summed E-state index contributed by atoms with van der Waals surface area (Å²) in [5, 5.41) is 3.47. The maximum Gasteiger partial charge on any atom is 0.339 e. The van der Waals surface area contributed by atoms with Gasteiger partial charge in [-0.05, 0) is 31.4 Å². The van der Waals surface area contributed by atoms with E-state index in [1.165, 1.54) is 18.9 Å². The zero-order chi connectivity index (χ0) is 19.0. The van der Waals surface area contributed by atoms with Gasteiger partial charge in [0.1, 0.15) is 0 Å². The lowest BCUT2D eigenvalue weighted by Crippen LogP contribution is -2.30. The highest BCUT2D eigenvalue weighted by Gasteiger charge is 2.31. The number of para-hydroxylation sites is 1. The summed E-state index contributed by atoms with van der Waals surface area (Å²) in [6.45, 7) is 0. The monoisotopic (exact) mass is 385 g/mol. The normalized spacial score (nSPS) is 17.3. The van der Waals surface area contributed by atoms with Crippen LogP contribution in [-0.4, -0.2) is 34.3 Å². The van der Waals surface area contributed by atoms with Crippen LogP contribution in [0.2, 0.25) is 0 Å². The average Bonchev–Trinajstić information content (AvgIpc) is 3.29. The molecule has 1 aliphatic carbocycles. The molecule has 8 heteroatoms. The molecule has 2 aromatic rings. The maximum absolute atomic E-state index is 12.8. The number of carbonyl (C=O) groups excluding carboxylic acids is 2. The van der Waals surface area contributed by atoms with E-state index in [1.807, 2.05) is 0 Å². The molecule has 1 N–H and O–H groups in total. The van der Waals surface area contributed by atoms with Gasteiger partial charge in [-0.25, -0.2) is 9.78 Å². The SMILES string of the molecule is COC(=O)c1ccccc1NC(=O)CC1CSc2nc3c(c(=O)n21)CCC3. The Hall–Kier alpha value is -2.61. The smallest absolute Gasteiger partial charge is 0.339 e. The molecule has 0 bridgehead atoms. The highest BCUT2D eigenvalue weighted by molar-refractivity contribution is 7.99. The molecule has 4 rings (SSSR count). The van der Waals surface area contributed by atoms with Crippen LogP contribution in [0, 0.1) is 0 Å². The molecule has 1 aromatic carbocycles. The molecule has 0 spiro atoms. The molecule has 1 unspecified atom stereocenters. The second-order valence-corrected chi connectivity index (χ2v) is 7.59. The number of carbonyl (C=O) groups is 2. The molecule has 1 aliphatic heterocycles. The summed E-state index contributed by atoms with van der Waals surface area (Å²) in [5.41, 5.74) is 2.40. The first-order valence-electron chi connectivity index (χ1n) is 8.82. The first kappa shape index (κ1) is 17.8. The van der Waals surface area contributed by atoms with Crippen LogP contribution >= 0.6 is 11.8 Å². The van der Waals surface area contributed by atoms with Crippen LogP contribution in [0.3, 0.4) is 0 Å². The van der Waals surface area contributed by atoms with E-state index in [-0.39, 0.29) is 23.9 Å². The van der Waals surface area contributed by atoms with Gasteiger partial charge in [0.25, 0.3) is 5.56 Å². The van der Waals surface area contributed by atoms with Crippen molar-refractivity contribution >= 4 is 29.3 Å². The predicted octanol–water partition coefficient (Wildman–Crippen LogP) is 2.19. The number of rotatable bonds is 4. The molecule has 1 amide bonds. The van der Waals surface area contributed by atoms with Gasteiger partial charge >= 0.3 is 5.97 Å². The summed E-state index contributed by atoms with van der Waals surface area (Å²) in [6.07, 6.45) is 2.73. The van der Waals surface area contributed by atoms with Crippen molar-refractivity contribution in [1.29, 1.82) is 0 Å². The number of nitrogens with zero attached hydrogens (tertiary/aromatic N) is 2. The van der Waals surface area contributed by atoms with Gasteiger partial charge in [-0.2, -0.15) is 0 Å². The maximum atomic E-state index is 12.8. The van der Waals surface area contributed by atoms with Gasteiger partial charge in [0.15, 0.2) is 5.16 Å². The Morgan fingerprint density at radius 2 is 2.15 bits per heavy atom. The van der Waals surface area contributed by atoms with Gasteiger partial charge in [0.2, 0.25) is 5.91 Å². The van der Waals surface area contributed by atoms with E-state index in [1.54, 1.807) is 28.8 Å². The van der Waals surface area contributed by atoms with Crippen LogP contribution in [0.15, 0.2) is 34.2 Å². The van der Waals surface area contributed by atoms with Crippen molar-refractivity contribution in [3.63, 3.8) is 0 Å². The molecular formula is C19H19N3O4S. The van der Waals surface area contributed by atoms with Gasteiger partial charge in [-0.1, -0.05) is 23.9 Å². The van der Waals surface area contributed by atoms with E-state index in [2.05, 4.69) is 10.3 Å². The molecule has 0 radical (unpaired) electrons. The van der Waals surface area contributed by atoms with Crippen LogP contribution < -0.4 is 10.9 Å². The Bertz CT molecular complexity index is 985. The molecule has 0 saturated carbocycles. The summed E-state index contributed by atoms with van der Waals surface area (Å²) in [6, 6.07) is 6.46. The number of aryl methyl sites for hydroxylation is 1. The van der Waals surface area contributed by atoms with E-state index >= 15 is 0 Å². The zero-order valence-electron chi connectivity index (χ0n) is 14.9. The third-order valence-corrected chi connectivity index (χ3v) is 6.00. The summed E-state index contributed by atoms with van der Waals surface area (Å²) >= 11 is 1.51. The van der Waals surface area contributed by atoms with Gasteiger partial charge in [0, 0.05) is 17.7 Å². The van der Waals surface area contributed by atoms with Gasteiger partial charge in [-0.15, -0.1) is 0 Å². The number of aromatic nitrogens is 2. The lowest BCUT2D eigenvalue weighted by molar-refractivity contribution is -0.116. The number of benzene rings is 1. The lowest BCUT2D eigenvalue weighted by atomic mass is 10.1. The number of anilines is 1. The molecular weight excluding hydrogens is 366 g/mol. The molecule has 140 valence electrons. The van der Waals surface area contributed by atoms with E-state index in [0.29, 0.717) is 22.2 Å². The standard InChI is InChI=1S/C19H19N3O4S/c1-26-18(25)13-5-2-3-7-15(13)20-16(23)9-11-10-27-19-21-14-8-4-6-12(14)17(24)22(11)19/h2-3,5,7,11H,4,6,8-10H2,1H3,(H,20,23). The van der Waals surface area contributed by atoms with Gasteiger partial charge in [-0.3, -0.25) is 14.2 Å². The molecule has 2 aliphatic rings. The van der Waals surface area contributed by atoms with Crippen LogP contribution in [0.5, 0.6) is 0 Å². The average molecular weight is 385 g/mol. The highest BCUT2D eigenvalue weighted by Crippen LogP contribution is 2.34. The molecule has 1 atom stereocenters. The first-order valence-corrected chi connectivity index (χ1v) is 9.81. The Morgan fingerprint density at radius 1 is 1.33 bits per heavy atom. The van der Waals surface area contributed by atoms with Crippen molar-refractivity contribution in [3.05, 3.63) is 51.4 Å². The van der Waals surface area contributed by atoms with Crippen molar-refractivity contribution in [2.45, 2.75) is 36.9 Å². The minimum atomic E-state index is -0.511. The summed E-state index contributed by atoms with van der Waals surface area (Å²) < 4.78 is 6.42. The highest BCUT2D eigenvalue weighted by atomic mass is 32.2. The summed E-state index contributed by atoms with van der Waals surface area (Å²) in [4.78, 5) is 41.8. The van der Waals surface area contributed by atoms with Crippen molar-refractivity contribution in [2.75, 3.05) is 18.2 Å². The number of methoxy groups -OCH3 is 1. The zero-order valence-corrected chi connectivity index (χ0v) is 15.7. The van der Waals surface area contributed by atoms with Gasteiger partial charge < -0.3 is 10.1 Å². The molecule has 0 saturated heterocycles. The van der Waals surface area contributed by atoms with E-state index in [0.717, 1.165) is 30.5 Å². The van der Waals surface area contributed by atoms with Gasteiger partial charge in [0.05, 0.1) is 30.1 Å². The second kappa shape index (κ2) is 7.19. The quantitative estimate of drug-likeness (QED) is 0.641. The number of hydrogen-bond donors (Lipinski definition) is 1. The number of esters is 1. The fraction of sp³-hybridized carbons (Fsp3) is 0.368. The molecule has 1 aromatic heterocycles. The second-order valence-electron chi connectivity index (χ2n) is 6.60. The molecule has 27 heavy (non-hydrogen) atoms. The fourth-order valence-corrected chi connectivity index (χ4v) is 4.75. The van der Waals surface area contributed by atoms with E-state index in [4.69, 9.17) is 4.74 Å². The largest absolute Gasteiger partial charge is 0.465 e. The minimum absolute atomic E-state index is 0.00902. The third-order valence-electron chi connectivity index (χ3n) is 4.90. The summed E-state index contributed by atoms with van der Waals surface area (Å²) in [7, 11) is 1.30. The van der Waals surface area contributed by atoms with Crippen molar-refractivity contribution in [1.82, 2.24) is 9.55 Å². The number of hydrogen-bond acceptors (Lipinski definition) is 6. The topological polar surface area (TPSA) is 90.3 Å². The molecule has 7 nitrogen and oxygen atoms in total. The first-order chi connectivity index (χ1) is 13.1. The van der Waals surface area contributed by atoms with Crippen LogP contribution in [0.4, 0.5) is 5.69 Å². The molecule has 2 heterocycles. The third kappa shape index (κ3) is 3.25. The van der Waals surface area contributed by atoms with Crippen LogP contribution in [-0.2, 0) is 22.4 Å². The van der Waals surface area contributed by atoms with Crippen LogP contribution in [0.25, 0.3) is 0 Å². The Balaban J connectivity index is 1.54. The Kier molecular flexibility index (Phi) is 4.73. The molecule has 0 fully saturated rings.